The smallest absolute Gasteiger partial charge is 0.161 e. The van der Waals surface area contributed by atoms with E-state index >= 15 is 0 Å². The van der Waals surface area contributed by atoms with Gasteiger partial charge < -0.3 is 14.0 Å². The second-order valence-electron chi connectivity index (χ2n) is 7.06. The van der Waals surface area contributed by atoms with Crippen LogP contribution in [-0.2, 0) is 13.6 Å². The highest BCUT2D eigenvalue weighted by molar-refractivity contribution is 6.30. The Morgan fingerprint density at radius 1 is 1.21 bits per heavy atom. The van der Waals surface area contributed by atoms with E-state index in [1.807, 2.05) is 32.2 Å². The van der Waals surface area contributed by atoms with Gasteiger partial charge in [0.1, 0.15) is 35.5 Å². The minimum Gasteiger partial charge on any atom is -0.486 e. The first-order chi connectivity index (χ1) is 13.4. The van der Waals surface area contributed by atoms with E-state index in [1.54, 1.807) is 4.68 Å². The van der Waals surface area contributed by atoms with Gasteiger partial charge in [0.25, 0.3) is 0 Å². The van der Waals surface area contributed by atoms with Crippen molar-refractivity contribution >= 4 is 11.6 Å². The number of benzene rings is 1. The highest BCUT2D eigenvalue weighted by Crippen LogP contribution is 2.35. The van der Waals surface area contributed by atoms with Crippen molar-refractivity contribution in [2.45, 2.75) is 26.4 Å². The van der Waals surface area contributed by atoms with Gasteiger partial charge in [-0.1, -0.05) is 22.8 Å². The Labute approximate surface area is 168 Å². The van der Waals surface area contributed by atoms with Crippen LogP contribution in [0.2, 0.25) is 5.15 Å². The lowest BCUT2D eigenvalue weighted by Crippen LogP contribution is -2.23. The molecule has 7 nitrogen and oxygen atoms in total. The second-order valence-corrected chi connectivity index (χ2v) is 7.42. The van der Waals surface area contributed by atoms with Crippen LogP contribution in [-0.4, -0.2) is 40.1 Å². The number of hydrogen-bond donors (Lipinski definition) is 0. The molecule has 1 unspecified atom stereocenters. The van der Waals surface area contributed by atoms with Gasteiger partial charge in [-0.3, -0.25) is 9.58 Å². The van der Waals surface area contributed by atoms with Crippen LogP contribution in [0.5, 0.6) is 11.5 Å². The van der Waals surface area contributed by atoms with E-state index in [1.165, 1.54) is 0 Å². The number of nitrogens with zero attached hydrogens (tertiary/aromatic N) is 4. The van der Waals surface area contributed by atoms with Crippen LogP contribution in [0.25, 0.3) is 11.4 Å². The van der Waals surface area contributed by atoms with Gasteiger partial charge in [-0.05, 0) is 38.6 Å². The van der Waals surface area contributed by atoms with Gasteiger partial charge in [0.2, 0.25) is 0 Å². The molecule has 1 aliphatic heterocycles. The van der Waals surface area contributed by atoms with Gasteiger partial charge in [0.15, 0.2) is 11.5 Å². The third-order valence-electron chi connectivity index (χ3n) is 5.06. The largest absolute Gasteiger partial charge is 0.486 e. The first kappa shape index (κ1) is 18.8. The molecule has 0 saturated carbocycles. The molecule has 1 aliphatic rings. The summed E-state index contributed by atoms with van der Waals surface area (Å²) in [5, 5.41) is 9.23. The average Bonchev–Trinajstić information content (AvgIpc) is 3.25. The predicted molar refractivity (Wildman–Crippen MR) is 106 cm³/mol. The van der Waals surface area contributed by atoms with Crippen molar-refractivity contribution in [1.29, 1.82) is 0 Å². The summed E-state index contributed by atoms with van der Waals surface area (Å²) in [5.41, 5.74) is 3.50. The number of aromatic nitrogens is 3. The maximum Gasteiger partial charge on any atom is 0.161 e. The minimum absolute atomic E-state index is 0.138. The Morgan fingerprint density at radius 2 is 1.96 bits per heavy atom. The Balaban J connectivity index is 1.59. The number of halogens is 1. The number of ether oxygens (including phenoxy) is 2. The van der Waals surface area contributed by atoms with E-state index in [0.29, 0.717) is 30.6 Å². The molecule has 2 aromatic heterocycles. The summed E-state index contributed by atoms with van der Waals surface area (Å²) in [5.74, 6) is 2.33. The fraction of sp³-hybridized carbons (Fsp3) is 0.400. The SMILES string of the molecule is Cc1cc(-c2nn(C)c(Cl)c2CN(C)C(C)c2ccc3c(c2)OCCO3)no1. The van der Waals surface area contributed by atoms with Gasteiger partial charge in [-0.15, -0.1) is 0 Å². The monoisotopic (exact) mass is 402 g/mol. The van der Waals surface area contributed by atoms with Crippen molar-refractivity contribution in [2.75, 3.05) is 20.3 Å². The summed E-state index contributed by atoms with van der Waals surface area (Å²) in [6.07, 6.45) is 0. The van der Waals surface area contributed by atoms with Crippen molar-refractivity contribution in [3.63, 3.8) is 0 Å². The summed E-state index contributed by atoms with van der Waals surface area (Å²) in [6, 6.07) is 8.09. The third kappa shape index (κ3) is 3.47. The molecule has 28 heavy (non-hydrogen) atoms. The molecule has 8 heteroatoms. The average molecular weight is 403 g/mol. The molecule has 3 aromatic rings. The molecule has 0 fully saturated rings. The van der Waals surface area contributed by atoms with Crippen LogP contribution in [0.1, 0.15) is 29.9 Å². The summed E-state index contributed by atoms with van der Waals surface area (Å²) in [4.78, 5) is 2.21. The van der Waals surface area contributed by atoms with Crippen molar-refractivity contribution < 1.29 is 14.0 Å². The maximum atomic E-state index is 6.54. The first-order valence-corrected chi connectivity index (χ1v) is 9.56. The van der Waals surface area contributed by atoms with E-state index < -0.39 is 0 Å². The molecular formula is C20H23ClN4O3. The molecule has 148 valence electrons. The standard InChI is InChI=1S/C20H23ClN4O3/c1-12-9-16(23-28-12)19-15(20(21)25(4)22-19)11-24(3)13(2)14-5-6-17-18(10-14)27-8-7-26-17/h5-6,9-10,13H,7-8,11H2,1-4H3. The highest BCUT2D eigenvalue weighted by Gasteiger charge is 2.23. The zero-order valence-corrected chi connectivity index (χ0v) is 17.2. The predicted octanol–water partition coefficient (Wildman–Crippen LogP) is 4.00. The Bertz CT molecular complexity index is 997. The fourth-order valence-electron chi connectivity index (χ4n) is 3.33. The van der Waals surface area contributed by atoms with Crippen LogP contribution in [0, 0.1) is 6.92 Å². The van der Waals surface area contributed by atoms with E-state index in [-0.39, 0.29) is 6.04 Å². The normalized spacial score (nSPS) is 14.5. The zero-order chi connectivity index (χ0) is 19.8. The summed E-state index contributed by atoms with van der Waals surface area (Å²) >= 11 is 6.54. The first-order valence-electron chi connectivity index (χ1n) is 9.19. The van der Waals surface area contributed by atoms with Crippen LogP contribution in [0.15, 0.2) is 28.8 Å². The van der Waals surface area contributed by atoms with E-state index in [2.05, 4.69) is 35.2 Å². The summed E-state index contributed by atoms with van der Waals surface area (Å²) < 4.78 is 18.2. The maximum absolute atomic E-state index is 6.54. The molecular weight excluding hydrogens is 380 g/mol. The van der Waals surface area contributed by atoms with E-state index in [9.17, 15) is 0 Å². The molecule has 0 bridgehead atoms. The van der Waals surface area contributed by atoms with Crippen molar-refractivity contribution in [3.8, 4) is 22.9 Å². The molecule has 0 spiro atoms. The van der Waals surface area contributed by atoms with Gasteiger partial charge >= 0.3 is 0 Å². The lowest BCUT2D eigenvalue weighted by molar-refractivity contribution is 0.170. The van der Waals surface area contributed by atoms with E-state index in [0.717, 1.165) is 34.1 Å². The Morgan fingerprint density at radius 3 is 2.68 bits per heavy atom. The quantitative estimate of drug-likeness (QED) is 0.642. The molecule has 0 aliphatic carbocycles. The molecule has 0 radical (unpaired) electrons. The molecule has 1 atom stereocenters. The molecule has 0 saturated heterocycles. The molecule has 0 amide bonds. The van der Waals surface area contributed by atoms with Crippen LogP contribution >= 0.6 is 11.6 Å². The van der Waals surface area contributed by atoms with Gasteiger partial charge in [-0.2, -0.15) is 5.10 Å². The molecule has 1 aromatic carbocycles. The second kappa shape index (κ2) is 7.48. The Hall–Kier alpha value is -2.51. The van der Waals surface area contributed by atoms with Crippen LogP contribution in [0.4, 0.5) is 0 Å². The fourth-order valence-corrected chi connectivity index (χ4v) is 3.52. The zero-order valence-electron chi connectivity index (χ0n) is 16.4. The Kier molecular flexibility index (Phi) is 5.03. The van der Waals surface area contributed by atoms with Crippen LogP contribution < -0.4 is 9.47 Å². The van der Waals surface area contributed by atoms with Crippen molar-refractivity contribution in [3.05, 3.63) is 46.3 Å². The highest BCUT2D eigenvalue weighted by atomic mass is 35.5. The van der Waals surface area contributed by atoms with Crippen molar-refractivity contribution in [1.82, 2.24) is 19.8 Å². The molecule has 3 heterocycles. The molecule has 4 rings (SSSR count). The number of hydrogen-bond acceptors (Lipinski definition) is 6. The summed E-state index contributed by atoms with van der Waals surface area (Å²) in [6.45, 7) is 5.79. The lowest BCUT2D eigenvalue weighted by atomic mass is 10.1. The van der Waals surface area contributed by atoms with Gasteiger partial charge in [-0.25, -0.2) is 0 Å². The lowest BCUT2D eigenvalue weighted by Gasteiger charge is -2.27. The number of fused-ring (bicyclic) bond motifs is 1. The van der Waals surface area contributed by atoms with E-state index in [4.69, 9.17) is 25.6 Å². The van der Waals surface area contributed by atoms with Crippen molar-refractivity contribution in [2.24, 2.45) is 7.05 Å². The number of aryl methyl sites for hydroxylation is 2. The topological polar surface area (TPSA) is 65.6 Å². The minimum atomic E-state index is 0.138. The number of rotatable bonds is 5. The van der Waals surface area contributed by atoms with Gasteiger partial charge in [0, 0.05) is 31.3 Å². The molecule has 0 N–H and O–H groups in total. The van der Waals surface area contributed by atoms with Gasteiger partial charge in [0.05, 0.1) is 0 Å². The third-order valence-corrected chi connectivity index (χ3v) is 5.53. The van der Waals surface area contributed by atoms with Crippen LogP contribution in [0.3, 0.4) is 0 Å². The summed E-state index contributed by atoms with van der Waals surface area (Å²) in [7, 11) is 3.88.